The van der Waals surface area contributed by atoms with Gasteiger partial charge in [-0.2, -0.15) is 0 Å². The molecule has 0 saturated carbocycles. The third kappa shape index (κ3) is 2.03. The SMILES string of the molecule is c1ccc(-n2c3ccccc3c3c4cc5c(cc4ccc32)oc2ccccc25)cc1. The molecule has 0 aliphatic rings. The topological polar surface area (TPSA) is 18.1 Å². The second-order valence-corrected chi connectivity index (χ2v) is 7.82. The summed E-state index contributed by atoms with van der Waals surface area (Å²) in [5.74, 6) is 0. The quantitative estimate of drug-likeness (QED) is 0.282. The van der Waals surface area contributed by atoms with Gasteiger partial charge < -0.3 is 8.98 Å². The monoisotopic (exact) mass is 383 g/mol. The summed E-state index contributed by atoms with van der Waals surface area (Å²) in [7, 11) is 0. The van der Waals surface area contributed by atoms with Crippen LogP contribution in [0.3, 0.4) is 0 Å². The van der Waals surface area contributed by atoms with Crippen molar-refractivity contribution in [3.63, 3.8) is 0 Å². The van der Waals surface area contributed by atoms with Crippen molar-refractivity contribution in [1.82, 2.24) is 4.57 Å². The molecular weight excluding hydrogens is 366 g/mol. The molecule has 0 spiro atoms. The van der Waals surface area contributed by atoms with E-state index < -0.39 is 0 Å². The van der Waals surface area contributed by atoms with Gasteiger partial charge in [0.25, 0.3) is 0 Å². The van der Waals surface area contributed by atoms with Crippen LogP contribution in [0.15, 0.2) is 108 Å². The summed E-state index contributed by atoms with van der Waals surface area (Å²) in [5.41, 5.74) is 5.50. The molecule has 30 heavy (non-hydrogen) atoms. The summed E-state index contributed by atoms with van der Waals surface area (Å²) in [6.45, 7) is 0. The van der Waals surface area contributed by atoms with Crippen LogP contribution in [-0.2, 0) is 0 Å². The molecule has 2 heteroatoms. The van der Waals surface area contributed by atoms with Crippen molar-refractivity contribution in [1.29, 1.82) is 0 Å². The van der Waals surface area contributed by atoms with Crippen molar-refractivity contribution in [2.45, 2.75) is 0 Å². The van der Waals surface area contributed by atoms with Crippen molar-refractivity contribution >= 4 is 54.5 Å². The van der Waals surface area contributed by atoms with Gasteiger partial charge in [-0.3, -0.25) is 0 Å². The Morgan fingerprint density at radius 3 is 2.17 bits per heavy atom. The average Bonchev–Trinajstić information content (AvgIpc) is 3.33. The largest absolute Gasteiger partial charge is 0.456 e. The lowest BCUT2D eigenvalue weighted by Gasteiger charge is -2.08. The summed E-state index contributed by atoms with van der Waals surface area (Å²) in [5, 5.41) is 7.36. The third-order valence-corrected chi connectivity index (χ3v) is 6.16. The highest BCUT2D eigenvalue weighted by molar-refractivity contribution is 6.24. The molecule has 0 radical (unpaired) electrons. The minimum atomic E-state index is 0.936. The number of furan rings is 1. The molecule has 7 aromatic rings. The van der Waals surface area contributed by atoms with Crippen LogP contribution in [0, 0.1) is 0 Å². The number of para-hydroxylation sites is 3. The van der Waals surface area contributed by atoms with Gasteiger partial charge in [0.2, 0.25) is 0 Å². The number of rotatable bonds is 1. The Kier molecular flexibility index (Phi) is 3.03. The smallest absolute Gasteiger partial charge is 0.136 e. The second-order valence-electron chi connectivity index (χ2n) is 7.82. The highest BCUT2D eigenvalue weighted by Gasteiger charge is 2.16. The molecule has 0 amide bonds. The van der Waals surface area contributed by atoms with E-state index in [0.29, 0.717) is 0 Å². The van der Waals surface area contributed by atoms with Crippen LogP contribution in [0.25, 0.3) is 60.2 Å². The van der Waals surface area contributed by atoms with Crippen LogP contribution in [0.2, 0.25) is 0 Å². The number of hydrogen-bond acceptors (Lipinski definition) is 1. The fourth-order valence-corrected chi connectivity index (χ4v) is 4.87. The Bertz CT molecular complexity index is 1740. The molecule has 0 aliphatic heterocycles. The summed E-state index contributed by atoms with van der Waals surface area (Å²) in [6.07, 6.45) is 0. The van der Waals surface area contributed by atoms with E-state index in [-0.39, 0.29) is 0 Å². The van der Waals surface area contributed by atoms with E-state index in [4.69, 9.17) is 4.42 Å². The molecule has 2 aromatic heterocycles. The Hall–Kier alpha value is -4.04. The van der Waals surface area contributed by atoms with Crippen molar-refractivity contribution in [2.24, 2.45) is 0 Å². The molecule has 0 aliphatic carbocycles. The fourth-order valence-electron chi connectivity index (χ4n) is 4.87. The normalized spacial score (nSPS) is 12.0. The molecule has 2 heterocycles. The van der Waals surface area contributed by atoms with Gasteiger partial charge >= 0.3 is 0 Å². The summed E-state index contributed by atoms with van der Waals surface area (Å²) in [4.78, 5) is 0. The molecule has 0 atom stereocenters. The van der Waals surface area contributed by atoms with Gasteiger partial charge in [-0.1, -0.05) is 60.7 Å². The maximum Gasteiger partial charge on any atom is 0.136 e. The van der Waals surface area contributed by atoms with Crippen LogP contribution in [-0.4, -0.2) is 4.57 Å². The van der Waals surface area contributed by atoms with Crippen LogP contribution >= 0.6 is 0 Å². The number of aromatic nitrogens is 1. The van der Waals surface area contributed by atoms with Crippen LogP contribution in [0.1, 0.15) is 0 Å². The molecule has 2 nitrogen and oxygen atoms in total. The van der Waals surface area contributed by atoms with Gasteiger partial charge in [0, 0.05) is 27.2 Å². The fraction of sp³-hybridized carbons (Fsp3) is 0. The lowest BCUT2D eigenvalue weighted by molar-refractivity contribution is 0.669. The minimum absolute atomic E-state index is 0.936. The number of nitrogens with zero attached hydrogens (tertiary/aromatic N) is 1. The average molecular weight is 383 g/mol. The number of hydrogen-bond donors (Lipinski definition) is 0. The first kappa shape index (κ1) is 15.8. The lowest BCUT2D eigenvalue weighted by atomic mass is 10.0. The minimum Gasteiger partial charge on any atom is -0.456 e. The van der Waals surface area contributed by atoms with E-state index in [0.717, 1.165) is 11.2 Å². The van der Waals surface area contributed by atoms with Gasteiger partial charge in [0.15, 0.2) is 0 Å². The standard InChI is InChI=1S/C28H17NO/c1-2-8-19(9-3-1)29-24-12-6-4-11-21(24)28-22-17-23-20-10-5-7-13-26(20)30-27(23)16-18(22)14-15-25(28)29/h1-17H. The first-order chi connectivity index (χ1) is 14.9. The molecule has 140 valence electrons. The van der Waals surface area contributed by atoms with Gasteiger partial charge in [-0.15, -0.1) is 0 Å². The zero-order chi connectivity index (χ0) is 19.7. The molecule has 5 aromatic carbocycles. The predicted octanol–water partition coefficient (Wildman–Crippen LogP) is 7.84. The van der Waals surface area contributed by atoms with Crippen molar-refractivity contribution in [3.8, 4) is 5.69 Å². The summed E-state index contributed by atoms with van der Waals surface area (Å²) < 4.78 is 8.49. The van der Waals surface area contributed by atoms with Gasteiger partial charge in [-0.25, -0.2) is 0 Å². The molecular formula is C28H17NO. The van der Waals surface area contributed by atoms with E-state index in [9.17, 15) is 0 Å². The highest BCUT2D eigenvalue weighted by atomic mass is 16.3. The highest BCUT2D eigenvalue weighted by Crippen LogP contribution is 2.39. The van der Waals surface area contributed by atoms with E-state index in [1.165, 1.54) is 49.0 Å². The molecule has 0 bridgehead atoms. The number of benzene rings is 5. The Morgan fingerprint density at radius 2 is 1.27 bits per heavy atom. The molecule has 0 N–H and O–H groups in total. The van der Waals surface area contributed by atoms with E-state index >= 15 is 0 Å². The van der Waals surface area contributed by atoms with Crippen LogP contribution < -0.4 is 0 Å². The zero-order valence-corrected chi connectivity index (χ0v) is 16.2. The first-order valence-corrected chi connectivity index (χ1v) is 10.2. The maximum atomic E-state index is 6.13. The maximum absolute atomic E-state index is 6.13. The van der Waals surface area contributed by atoms with E-state index in [2.05, 4.69) is 95.6 Å². The predicted molar refractivity (Wildman–Crippen MR) is 126 cm³/mol. The summed E-state index contributed by atoms with van der Waals surface area (Å²) in [6, 6.07) is 36.5. The molecule has 7 rings (SSSR count). The zero-order valence-electron chi connectivity index (χ0n) is 16.2. The lowest BCUT2D eigenvalue weighted by Crippen LogP contribution is -1.92. The Balaban J connectivity index is 1.71. The Labute approximate surface area is 172 Å². The number of fused-ring (bicyclic) bond motifs is 8. The van der Waals surface area contributed by atoms with Gasteiger partial charge in [0.05, 0.1) is 11.0 Å². The van der Waals surface area contributed by atoms with Crippen LogP contribution in [0.4, 0.5) is 0 Å². The second kappa shape index (κ2) is 5.74. The molecule has 0 saturated heterocycles. The van der Waals surface area contributed by atoms with E-state index in [1.54, 1.807) is 0 Å². The van der Waals surface area contributed by atoms with Crippen molar-refractivity contribution < 1.29 is 4.42 Å². The third-order valence-electron chi connectivity index (χ3n) is 6.16. The van der Waals surface area contributed by atoms with E-state index in [1.807, 2.05) is 12.1 Å². The Morgan fingerprint density at radius 1 is 0.500 bits per heavy atom. The van der Waals surface area contributed by atoms with Crippen molar-refractivity contribution in [3.05, 3.63) is 103 Å². The molecule has 0 fully saturated rings. The van der Waals surface area contributed by atoms with Gasteiger partial charge in [0.1, 0.15) is 11.2 Å². The first-order valence-electron chi connectivity index (χ1n) is 10.2. The van der Waals surface area contributed by atoms with Crippen molar-refractivity contribution in [2.75, 3.05) is 0 Å². The van der Waals surface area contributed by atoms with Crippen LogP contribution in [0.5, 0.6) is 0 Å². The molecule has 0 unspecified atom stereocenters. The van der Waals surface area contributed by atoms with Gasteiger partial charge in [-0.05, 0) is 53.2 Å². The summed E-state index contributed by atoms with van der Waals surface area (Å²) >= 11 is 0.